The quantitative estimate of drug-likeness (QED) is 0.445. The molecule has 6 heteroatoms. The van der Waals surface area contributed by atoms with Gasteiger partial charge in [0.2, 0.25) is 0 Å². The van der Waals surface area contributed by atoms with Crippen molar-refractivity contribution in [2.45, 2.75) is 89.4 Å². The lowest BCUT2D eigenvalue weighted by molar-refractivity contribution is -0.167. The number of esters is 1. The molecule has 5 rings (SSSR count). The van der Waals surface area contributed by atoms with Crippen molar-refractivity contribution in [2.24, 2.45) is 28.6 Å². The van der Waals surface area contributed by atoms with Gasteiger partial charge in [-0.25, -0.2) is 0 Å². The Hall–Kier alpha value is -0.620. The van der Waals surface area contributed by atoms with Crippen LogP contribution in [0.3, 0.4) is 0 Å². The van der Waals surface area contributed by atoms with Crippen molar-refractivity contribution in [3.63, 3.8) is 0 Å². The van der Waals surface area contributed by atoms with E-state index >= 15 is 0 Å². The van der Waals surface area contributed by atoms with Crippen LogP contribution in [0.1, 0.15) is 78.6 Å². The standard InChI is InChI=1S/C24H31BrO4S/c1-13(26)30-18-12-16-21(25)17(27)6-8-22(16,2)14-4-9-23(3)15(20(14)18)5-10-24(23)11-7-19(28)29-24/h14-15,18,20H,4-12H2,1-3H3/t14-,15-,18-,20+,22+,23-,24+/m0/s1. The SMILES string of the molecule is CC(=O)S[C@H]1CC2=C(Br)C(=O)CC[C@]2(C)[C@H]2CC[C@@]3(C)[C@@H](CC[C@@]34CCC(=O)O4)[C@H]12. The fraction of sp³-hybridized carbons (Fsp3) is 0.792. The van der Waals surface area contributed by atoms with E-state index in [1.807, 2.05) is 0 Å². The molecule has 5 aliphatic rings. The Morgan fingerprint density at radius 3 is 2.47 bits per heavy atom. The van der Waals surface area contributed by atoms with Gasteiger partial charge in [0.25, 0.3) is 0 Å². The van der Waals surface area contributed by atoms with Crippen molar-refractivity contribution in [1.82, 2.24) is 0 Å². The second-order valence-electron chi connectivity index (χ2n) is 10.7. The summed E-state index contributed by atoms with van der Waals surface area (Å²) in [5, 5.41) is 0.361. The molecule has 30 heavy (non-hydrogen) atoms. The lowest BCUT2D eigenvalue weighted by atomic mass is 9.46. The van der Waals surface area contributed by atoms with E-state index in [-0.39, 0.29) is 38.5 Å². The molecule has 164 valence electrons. The lowest BCUT2D eigenvalue weighted by Crippen LogP contribution is -2.58. The number of rotatable bonds is 1. The highest BCUT2D eigenvalue weighted by molar-refractivity contribution is 9.12. The minimum atomic E-state index is -0.300. The van der Waals surface area contributed by atoms with Gasteiger partial charge in [-0.05, 0) is 89.6 Å². The number of carbonyl (C=O) groups is 3. The summed E-state index contributed by atoms with van der Waals surface area (Å²) >= 11 is 5.13. The van der Waals surface area contributed by atoms with Crippen molar-refractivity contribution in [3.05, 3.63) is 10.1 Å². The van der Waals surface area contributed by atoms with Gasteiger partial charge in [-0.15, -0.1) is 0 Å². The van der Waals surface area contributed by atoms with Crippen LogP contribution in [0, 0.1) is 28.6 Å². The van der Waals surface area contributed by atoms with Gasteiger partial charge in [0.05, 0.1) is 4.48 Å². The summed E-state index contributed by atoms with van der Waals surface area (Å²) in [6, 6.07) is 0. The first kappa shape index (κ1) is 21.2. The van der Waals surface area contributed by atoms with Gasteiger partial charge in [0.15, 0.2) is 10.9 Å². The fourth-order valence-corrected chi connectivity index (χ4v) is 10.2. The first-order chi connectivity index (χ1) is 14.1. The number of halogens is 1. The number of carbonyl (C=O) groups excluding carboxylic acids is 3. The average molecular weight is 495 g/mol. The minimum absolute atomic E-state index is 0.00474. The number of ether oxygens (including phenoxy) is 1. The highest BCUT2D eigenvalue weighted by Gasteiger charge is 2.68. The lowest BCUT2D eigenvalue weighted by Gasteiger charge is -2.61. The normalized spacial score (nSPS) is 47.7. The van der Waals surface area contributed by atoms with E-state index in [1.54, 1.807) is 6.92 Å². The van der Waals surface area contributed by atoms with Crippen LogP contribution in [0.4, 0.5) is 0 Å². The summed E-state index contributed by atoms with van der Waals surface area (Å²) in [6.07, 6.45) is 7.92. The van der Waals surface area contributed by atoms with Gasteiger partial charge in [0, 0.05) is 30.4 Å². The maximum atomic E-state index is 12.5. The van der Waals surface area contributed by atoms with Crippen molar-refractivity contribution in [1.29, 1.82) is 0 Å². The summed E-state index contributed by atoms with van der Waals surface area (Å²) < 4.78 is 6.85. The Labute approximate surface area is 191 Å². The molecule has 1 spiro atoms. The molecule has 0 aromatic carbocycles. The Morgan fingerprint density at radius 2 is 1.80 bits per heavy atom. The molecular weight excluding hydrogens is 464 g/mol. The molecular formula is C24H31BrO4S. The van der Waals surface area contributed by atoms with E-state index in [2.05, 4.69) is 29.8 Å². The Kier molecular flexibility index (Phi) is 4.91. The Morgan fingerprint density at radius 1 is 1.07 bits per heavy atom. The minimum Gasteiger partial charge on any atom is -0.458 e. The Bertz CT molecular complexity index is 867. The number of fused-ring (bicyclic) bond motifs is 6. The van der Waals surface area contributed by atoms with Gasteiger partial charge in [-0.1, -0.05) is 25.6 Å². The van der Waals surface area contributed by atoms with Crippen molar-refractivity contribution in [2.75, 3.05) is 0 Å². The monoisotopic (exact) mass is 494 g/mol. The second kappa shape index (κ2) is 6.94. The van der Waals surface area contributed by atoms with E-state index < -0.39 is 0 Å². The van der Waals surface area contributed by atoms with Gasteiger partial charge >= 0.3 is 5.97 Å². The molecule has 0 aromatic rings. The molecule has 0 aromatic heterocycles. The third kappa shape index (κ3) is 2.74. The van der Waals surface area contributed by atoms with Crippen LogP contribution in [0.2, 0.25) is 0 Å². The number of hydrogen-bond acceptors (Lipinski definition) is 5. The predicted octanol–water partition coefficient (Wildman–Crippen LogP) is 5.57. The van der Waals surface area contributed by atoms with Crippen LogP contribution in [0.5, 0.6) is 0 Å². The molecule has 4 fully saturated rings. The van der Waals surface area contributed by atoms with Crippen LogP contribution in [-0.4, -0.2) is 27.7 Å². The third-order valence-corrected chi connectivity index (χ3v) is 11.7. The van der Waals surface area contributed by atoms with Crippen LogP contribution in [0.25, 0.3) is 0 Å². The number of ketones is 1. The first-order valence-corrected chi connectivity index (χ1v) is 13.1. The van der Waals surface area contributed by atoms with Crippen LogP contribution in [-0.2, 0) is 19.1 Å². The smallest absolute Gasteiger partial charge is 0.306 e. The molecule has 3 saturated carbocycles. The van der Waals surface area contributed by atoms with E-state index in [0.717, 1.165) is 49.4 Å². The maximum Gasteiger partial charge on any atom is 0.306 e. The van der Waals surface area contributed by atoms with Crippen molar-refractivity contribution in [3.8, 4) is 0 Å². The molecule has 0 radical (unpaired) electrons. The second-order valence-corrected chi connectivity index (χ2v) is 12.9. The van der Waals surface area contributed by atoms with Crippen molar-refractivity contribution >= 4 is 44.6 Å². The van der Waals surface area contributed by atoms with Crippen molar-refractivity contribution < 1.29 is 19.1 Å². The number of hydrogen-bond donors (Lipinski definition) is 0. The van der Waals surface area contributed by atoms with Crippen LogP contribution < -0.4 is 0 Å². The Balaban J connectivity index is 1.58. The molecule has 0 bridgehead atoms. The summed E-state index contributed by atoms with van der Waals surface area (Å²) in [5.41, 5.74) is 0.970. The number of allylic oxidation sites excluding steroid dienone is 1. The van der Waals surface area contributed by atoms with E-state index in [0.29, 0.717) is 30.6 Å². The summed E-state index contributed by atoms with van der Waals surface area (Å²) in [4.78, 5) is 36.8. The van der Waals surface area contributed by atoms with Gasteiger partial charge in [-0.3, -0.25) is 14.4 Å². The number of Topliss-reactive ketones (excluding diaryl/α,β-unsaturated/α-hetero) is 1. The van der Waals surface area contributed by atoms with Gasteiger partial charge in [-0.2, -0.15) is 0 Å². The summed E-state index contributed by atoms with van der Waals surface area (Å²) in [5.74, 6) is 1.55. The van der Waals surface area contributed by atoms with E-state index in [4.69, 9.17) is 4.74 Å². The highest BCUT2D eigenvalue weighted by atomic mass is 79.9. The number of thioether (sulfide) groups is 1. The molecule has 4 aliphatic carbocycles. The zero-order valence-electron chi connectivity index (χ0n) is 18.1. The fourth-order valence-electron chi connectivity index (χ4n) is 8.21. The summed E-state index contributed by atoms with van der Waals surface area (Å²) in [6.45, 7) is 6.40. The molecule has 1 heterocycles. The first-order valence-electron chi connectivity index (χ1n) is 11.4. The molecule has 4 nitrogen and oxygen atoms in total. The van der Waals surface area contributed by atoms with Gasteiger partial charge in [0.1, 0.15) is 5.60 Å². The van der Waals surface area contributed by atoms with E-state index in [1.165, 1.54) is 17.3 Å². The van der Waals surface area contributed by atoms with Gasteiger partial charge < -0.3 is 4.74 Å². The average Bonchev–Trinajstić information content (AvgIpc) is 3.20. The topological polar surface area (TPSA) is 60.4 Å². The highest BCUT2D eigenvalue weighted by Crippen LogP contribution is 2.71. The molecule has 0 amide bonds. The predicted molar refractivity (Wildman–Crippen MR) is 120 cm³/mol. The molecule has 0 N–H and O–H groups in total. The molecule has 1 aliphatic heterocycles. The molecule has 7 atom stereocenters. The van der Waals surface area contributed by atoms with Crippen LogP contribution >= 0.6 is 27.7 Å². The zero-order chi connectivity index (χ0) is 21.5. The molecule has 1 saturated heterocycles. The van der Waals surface area contributed by atoms with Crippen LogP contribution in [0.15, 0.2) is 10.1 Å². The molecule has 0 unspecified atom stereocenters. The van der Waals surface area contributed by atoms with E-state index in [9.17, 15) is 14.4 Å². The summed E-state index contributed by atoms with van der Waals surface area (Å²) in [7, 11) is 0. The maximum absolute atomic E-state index is 12.5. The zero-order valence-corrected chi connectivity index (χ0v) is 20.5. The third-order valence-electron chi connectivity index (χ3n) is 9.71. The largest absolute Gasteiger partial charge is 0.458 e.